The Morgan fingerprint density at radius 1 is 0.821 bits per heavy atom. The topological polar surface area (TPSA) is 73.9 Å². The van der Waals surface area contributed by atoms with Crippen LogP contribution in [0.1, 0.15) is 28.7 Å². The van der Waals surface area contributed by atoms with Crippen molar-refractivity contribution in [2.75, 3.05) is 0 Å². The number of aryl methyl sites for hydroxylation is 1. The zero-order valence-electron chi connectivity index (χ0n) is 15.3. The molecule has 0 aliphatic rings. The summed E-state index contributed by atoms with van der Waals surface area (Å²) in [5.74, 6) is -0.261. The fourth-order valence-electron chi connectivity index (χ4n) is 2.84. The first-order valence-electron chi connectivity index (χ1n) is 8.92. The average Bonchev–Trinajstić information content (AvgIpc) is 2.77. The van der Waals surface area contributed by atoms with Crippen LogP contribution in [0.2, 0.25) is 0 Å². The summed E-state index contributed by atoms with van der Waals surface area (Å²) in [5.41, 5.74) is 4.96. The highest BCUT2D eigenvalue weighted by Gasteiger charge is 2.07. The first kappa shape index (κ1) is 18.9. The van der Waals surface area contributed by atoms with Crippen LogP contribution in [0.4, 0.5) is 0 Å². The van der Waals surface area contributed by atoms with Crippen LogP contribution >= 0.6 is 0 Å². The molecule has 4 nitrogen and oxygen atoms in total. The van der Waals surface area contributed by atoms with Crippen LogP contribution in [0.15, 0.2) is 72.8 Å². The predicted octanol–water partition coefficient (Wildman–Crippen LogP) is 4.77. The molecular weight excluding hydrogens is 348 g/mol. The Kier molecular flexibility index (Phi) is 6.18. The van der Waals surface area contributed by atoms with Gasteiger partial charge in [0.2, 0.25) is 0 Å². The molecule has 0 heterocycles. The van der Waals surface area contributed by atoms with Crippen molar-refractivity contribution in [3.05, 3.63) is 95.1 Å². The fraction of sp³-hybridized carbons (Fsp3) is 0.125. The van der Waals surface area contributed by atoms with Crippen LogP contribution in [0, 0.1) is 22.7 Å². The maximum atomic E-state index is 12.0. The van der Waals surface area contributed by atoms with Gasteiger partial charge in [0.25, 0.3) is 0 Å². The minimum Gasteiger partial charge on any atom is -0.461 e. The molecule has 0 saturated heterocycles. The molecule has 0 amide bonds. The smallest absolute Gasteiger partial charge is 0.306 e. The number of nitrogens with zero attached hydrogens (tertiary/aromatic N) is 2. The molecule has 3 aromatic rings. The molecule has 0 aromatic heterocycles. The lowest BCUT2D eigenvalue weighted by atomic mass is 9.99. The first-order valence-corrected chi connectivity index (χ1v) is 8.92. The first-order chi connectivity index (χ1) is 13.7. The van der Waals surface area contributed by atoms with Crippen molar-refractivity contribution in [1.29, 1.82) is 10.5 Å². The van der Waals surface area contributed by atoms with E-state index in [1.807, 2.05) is 54.6 Å². The van der Waals surface area contributed by atoms with Gasteiger partial charge in [0.15, 0.2) is 0 Å². The lowest BCUT2D eigenvalue weighted by Crippen LogP contribution is -2.06. The average molecular weight is 366 g/mol. The number of esters is 1. The van der Waals surface area contributed by atoms with Gasteiger partial charge >= 0.3 is 5.97 Å². The van der Waals surface area contributed by atoms with Gasteiger partial charge in [-0.3, -0.25) is 4.79 Å². The molecule has 136 valence electrons. The molecular formula is C24H18N2O2. The molecule has 3 rings (SSSR count). The van der Waals surface area contributed by atoms with E-state index in [0.717, 1.165) is 22.3 Å². The summed E-state index contributed by atoms with van der Waals surface area (Å²) in [6.07, 6.45) is 0.869. The summed E-state index contributed by atoms with van der Waals surface area (Å²) in [4.78, 5) is 12.0. The Hall–Kier alpha value is -3.89. The van der Waals surface area contributed by atoms with Crippen molar-refractivity contribution in [2.45, 2.75) is 19.4 Å². The van der Waals surface area contributed by atoms with E-state index in [9.17, 15) is 10.1 Å². The molecule has 0 radical (unpaired) electrons. The van der Waals surface area contributed by atoms with Gasteiger partial charge in [0.05, 0.1) is 23.3 Å². The Labute approximate surface area is 164 Å². The molecule has 0 N–H and O–H groups in total. The molecule has 0 unspecified atom stereocenters. The minimum absolute atomic E-state index is 0.215. The Bertz CT molecular complexity index is 1040. The van der Waals surface area contributed by atoms with Gasteiger partial charge < -0.3 is 4.74 Å². The lowest BCUT2D eigenvalue weighted by molar-refractivity contribution is -0.144. The maximum absolute atomic E-state index is 12.0. The molecule has 0 aliphatic carbocycles. The van der Waals surface area contributed by atoms with E-state index in [1.54, 1.807) is 18.2 Å². The number of ether oxygens (including phenoxy) is 1. The Morgan fingerprint density at radius 2 is 1.50 bits per heavy atom. The Morgan fingerprint density at radius 3 is 2.18 bits per heavy atom. The quantitative estimate of drug-likeness (QED) is 0.589. The van der Waals surface area contributed by atoms with Gasteiger partial charge in [-0.25, -0.2) is 0 Å². The molecule has 4 heteroatoms. The van der Waals surface area contributed by atoms with Crippen LogP contribution < -0.4 is 0 Å². The van der Waals surface area contributed by atoms with Crippen molar-refractivity contribution in [1.82, 2.24) is 0 Å². The summed E-state index contributed by atoms with van der Waals surface area (Å²) in [7, 11) is 0. The number of nitriles is 2. The second-order valence-electron chi connectivity index (χ2n) is 6.32. The van der Waals surface area contributed by atoms with E-state index < -0.39 is 0 Å². The summed E-state index contributed by atoms with van der Waals surface area (Å²) in [5, 5.41) is 18.0. The van der Waals surface area contributed by atoms with E-state index in [2.05, 4.69) is 12.1 Å². The van der Waals surface area contributed by atoms with E-state index in [0.29, 0.717) is 24.0 Å². The van der Waals surface area contributed by atoms with Crippen LogP contribution in [0.5, 0.6) is 0 Å². The Balaban J connectivity index is 1.52. The van der Waals surface area contributed by atoms with Crippen molar-refractivity contribution < 1.29 is 9.53 Å². The predicted molar refractivity (Wildman–Crippen MR) is 106 cm³/mol. The van der Waals surface area contributed by atoms with Gasteiger partial charge in [0.1, 0.15) is 6.61 Å². The van der Waals surface area contributed by atoms with Gasteiger partial charge in [-0.2, -0.15) is 10.5 Å². The van der Waals surface area contributed by atoms with E-state index in [1.165, 1.54) is 0 Å². The number of benzene rings is 3. The van der Waals surface area contributed by atoms with E-state index in [-0.39, 0.29) is 12.6 Å². The summed E-state index contributed by atoms with van der Waals surface area (Å²) in [6, 6.07) is 26.6. The van der Waals surface area contributed by atoms with E-state index >= 15 is 0 Å². The standard InChI is InChI=1S/C24H18N2O2/c25-15-19-7-5-18(6-8-19)11-14-24(27)28-17-20-9-12-21(13-10-20)23-4-2-1-3-22(23)16-26/h1-10,12-13H,11,14,17H2. The lowest BCUT2D eigenvalue weighted by Gasteiger charge is -2.08. The number of hydrogen-bond acceptors (Lipinski definition) is 4. The van der Waals surface area contributed by atoms with Gasteiger partial charge in [-0.15, -0.1) is 0 Å². The normalized spacial score (nSPS) is 9.93. The highest BCUT2D eigenvalue weighted by molar-refractivity contribution is 5.71. The van der Waals surface area contributed by atoms with Gasteiger partial charge in [-0.1, -0.05) is 54.6 Å². The number of rotatable bonds is 6. The second-order valence-corrected chi connectivity index (χ2v) is 6.32. The molecule has 0 fully saturated rings. The molecule has 0 saturated carbocycles. The van der Waals surface area contributed by atoms with Gasteiger partial charge in [-0.05, 0) is 46.9 Å². The van der Waals surface area contributed by atoms with Crippen molar-refractivity contribution in [2.24, 2.45) is 0 Å². The summed E-state index contributed by atoms with van der Waals surface area (Å²) in [6.45, 7) is 0.215. The third-order valence-corrected chi connectivity index (χ3v) is 4.41. The highest BCUT2D eigenvalue weighted by Crippen LogP contribution is 2.23. The molecule has 0 spiro atoms. The highest BCUT2D eigenvalue weighted by atomic mass is 16.5. The zero-order valence-corrected chi connectivity index (χ0v) is 15.3. The summed E-state index contributed by atoms with van der Waals surface area (Å²) >= 11 is 0. The van der Waals surface area contributed by atoms with E-state index in [4.69, 9.17) is 10.00 Å². The summed E-state index contributed by atoms with van der Waals surface area (Å²) < 4.78 is 5.34. The largest absolute Gasteiger partial charge is 0.461 e. The minimum atomic E-state index is -0.261. The third kappa shape index (κ3) is 4.84. The molecule has 28 heavy (non-hydrogen) atoms. The van der Waals surface area contributed by atoms with Crippen LogP contribution in [-0.2, 0) is 22.6 Å². The number of carbonyl (C=O) groups is 1. The van der Waals surface area contributed by atoms with Crippen molar-refractivity contribution in [3.63, 3.8) is 0 Å². The monoisotopic (exact) mass is 366 g/mol. The molecule has 0 atom stereocenters. The molecule has 0 bridgehead atoms. The van der Waals surface area contributed by atoms with Crippen LogP contribution in [0.25, 0.3) is 11.1 Å². The van der Waals surface area contributed by atoms with Crippen molar-refractivity contribution >= 4 is 5.97 Å². The third-order valence-electron chi connectivity index (χ3n) is 4.41. The molecule has 0 aliphatic heterocycles. The van der Waals surface area contributed by atoms with Crippen molar-refractivity contribution in [3.8, 4) is 23.3 Å². The maximum Gasteiger partial charge on any atom is 0.306 e. The molecule has 3 aromatic carbocycles. The zero-order chi connectivity index (χ0) is 19.8. The fourth-order valence-corrected chi connectivity index (χ4v) is 2.84. The SMILES string of the molecule is N#Cc1ccc(CCC(=O)OCc2ccc(-c3ccccc3C#N)cc2)cc1. The van der Waals surface area contributed by atoms with Crippen LogP contribution in [-0.4, -0.2) is 5.97 Å². The second kappa shape index (κ2) is 9.16. The number of carbonyl (C=O) groups excluding carboxylic acids is 1. The van der Waals surface area contributed by atoms with Gasteiger partial charge in [0, 0.05) is 6.42 Å². The van der Waals surface area contributed by atoms with Crippen LogP contribution in [0.3, 0.4) is 0 Å². The number of hydrogen-bond donors (Lipinski definition) is 0.